The molecular formula is C13H16N2OS. The molecule has 0 bridgehead atoms. The fraction of sp³-hybridized carbons (Fsp3) is 0.308. The molecule has 0 amide bonds. The molecule has 0 aliphatic heterocycles. The average molecular weight is 248 g/mol. The highest BCUT2D eigenvalue weighted by atomic mass is 32.1. The summed E-state index contributed by atoms with van der Waals surface area (Å²) in [5.41, 5.74) is 3.03. The molecular weight excluding hydrogens is 232 g/mol. The predicted octanol–water partition coefficient (Wildman–Crippen LogP) is 3.00. The molecule has 0 fully saturated rings. The molecule has 1 aromatic carbocycles. The van der Waals surface area contributed by atoms with Crippen LogP contribution in [0.5, 0.6) is 5.75 Å². The Labute approximate surface area is 105 Å². The number of hydrogen-bond acceptors (Lipinski definition) is 4. The molecule has 0 aliphatic rings. The summed E-state index contributed by atoms with van der Waals surface area (Å²) in [6.07, 6.45) is 1.90. The summed E-state index contributed by atoms with van der Waals surface area (Å²) in [7, 11) is 1.70. The molecule has 0 saturated carbocycles. The van der Waals surface area contributed by atoms with Gasteiger partial charge in [-0.15, -0.1) is 11.3 Å². The molecule has 17 heavy (non-hydrogen) atoms. The Morgan fingerprint density at radius 1 is 1.41 bits per heavy atom. The number of hydrogen-bond donors (Lipinski definition) is 1. The molecule has 4 heteroatoms. The zero-order chi connectivity index (χ0) is 12.1. The third-order valence-corrected chi connectivity index (χ3v) is 3.45. The van der Waals surface area contributed by atoms with Crippen LogP contribution < -0.4 is 10.1 Å². The summed E-state index contributed by atoms with van der Waals surface area (Å²) in [6.45, 7) is 2.97. The lowest BCUT2D eigenvalue weighted by Gasteiger charge is -2.16. The zero-order valence-electron chi connectivity index (χ0n) is 10.0. The molecule has 2 aromatic rings. The summed E-state index contributed by atoms with van der Waals surface area (Å²) < 4.78 is 5.35. The molecule has 1 N–H and O–H groups in total. The van der Waals surface area contributed by atoms with E-state index >= 15 is 0 Å². The lowest BCUT2D eigenvalue weighted by molar-refractivity contribution is 0.401. The lowest BCUT2D eigenvalue weighted by Crippen LogP contribution is -2.18. The first kappa shape index (κ1) is 12.1. The molecule has 3 nitrogen and oxygen atoms in total. The Balaban J connectivity index is 2.01. The normalized spacial score (nSPS) is 12.4. The second-order valence-electron chi connectivity index (χ2n) is 3.81. The number of aromatic nitrogens is 1. The van der Waals surface area contributed by atoms with Gasteiger partial charge in [0.05, 0.1) is 12.6 Å². The summed E-state index contributed by atoms with van der Waals surface area (Å²) in [5, 5.41) is 3.47. The Morgan fingerprint density at radius 3 is 2.94 bits per heavy atom. The van der Waals surface area contributed by atoms with Crippen LogP contribution in [0.15, 0.2) is 36.0 Å². The number of nitrogens with one attached hydrogen (secondary N) is 1. The second-order valence-corrected chi connectivity index (χ2v) is 4.78. The van der Waals surface area contributed by atoms with Gasteiger partial charge < -0.3 is 10.1 Å². The Kier molecular flexibility index (Phi) is 4.12. The van der Waals surface area contributed by atoms with Crippen molar-refractivity contribution in [2.24, 2.45) is 0 Å². The van der Waals surface area contributed by atoms with Gasteiger partial charge in [-0.2, -0.15) is 0 Å². The molecule has 1 atom stereocenters. The molecule has 1 heterocycles. The maximum Gasteiger partial charge on any atom is 0.123 e. The summed E-state index contributed by atoms with van der Waals surface area (Å²) in [6, 6.07) is 8.35. The van der Waals surface area contributed by atoms with Gasteiger partial charge in [0.15, 0.2) is 0 Å². The third-order valence-electron chi connectivity index (χ3n) is 2.67. The van der Waals surface area contributed by atoms with Crippen molar-refractivity contribution in [1.82, 2.24) is 10.3 Å². The van der Waals surface area contributed by atoms with E-state index in [9.17, 15) is 0 Å². The van der Waals surface area contributed by atoms with Crippen molar-refractivity contribution in [3.05, 3.63) is 46.4 Å². The number of methoxy groups -OCH3 is 1. The van der Waals surface area contributed by atoms with Gasteiger partial charge in [-0.3, -0.25) is 4.98 Å². The highest BCUT2D eigenvalue weighted by Gasteiger charge is 2.10. The lowest BCUT2D eigenvalue weighted by atomic mass is 10.1. The fourth-order valence-corrected chi connectivity index (χ4v) is 2.26. The van der Waals surface area contributed by atoms with Crippen LogP contribution in [0.1, 0.15) is 23.4 Å². The fourth-order valence-electron chi connectivity index (χ4n) is 1.72. The van der Waals surface area contributed by atoms with Gasteiger partial charge in [0.2, 0.25) is 0 Å². The summed E-state index contributed by atoms with van der Waals surface area (Å²) in [5.74, 6) is 0.928. The van der Waals surface area contributed by atoms with Crippen LogP contribution in [0, 0.1) is 0 Å². The van der Waals surface area contributed by atoms with Gasteiger partial charge in [-0.1, -0.05) is 18.2 Å². The average Bonchev–Trinajstić information content (AvgIpc) is 2.89. The first-order valence-electron chi connectivity index (χ1n) is 5.55. The van der Waals surface area contributed by atoms with Crippen LogP contribution in [-0.2, 0) is 6.54 Å². The third kappa shape index (κ3) is 3.05. The van der Waals surface area contributed by atoms with Crippen LogP contribution in [-0.4, -0.2) is 12.1 Å². The van der Waals surface area contributed by atoms with Gasteiger partial charge in [0.1, 0.15) is 5.75 Å². The van der Waals surface area contributed by atoms with Gasteiger partial charge in [0, 0.05) is 29.2 Å². The Bertz CT molecular complexity index is 456. The van der Waals surface area contributed by atoms with E-state index in [2.05, 4.69) is 23.3 Å². The first-order valence-corrected chi connectivity index (χ1v) is 6.43. The van der Waals surface area contributed by atoms with Crippen molar-refractivity contribution in [2.75, 3.05) is 7.11 Å². The van der Waals surface area contributed by atoms with Crippen LogP contribution in [0.4, 0.5) is 0 Å². The van der Waals surface area contributed by atoms with E-state index in [4.69, 9.17) is 4.74 Å². The number of benzene rings is 1. The summed E-state index contributed by atoms with van der Waals surface area (Å²) >= 11 is 1.67. The number of para-hydroxylation sites is 1. The van der Waals surface area contributed by atoms with Crippen LogP contribution in [0.2, 0.25) is 0 Å². The van der Waals surface area contributed by atoms with Gasteiger partial charge in [-0.05, 0) is 13.0 Å². The van der Waals surface area contributed by atoms with Crippen molar-refractivity contribution in [1.29, 1.82) is 0 Å². The molecule has 0 saturated heterocycles. The van der Waals surface area contributed by atoms with Crippen LogP contribution >= 0.6 is 11.3 Å². The maximum absolute atomic E-state index is 5.35. The van der Waals surface area contributed by atoms with E-state index in [1.54, 1.807) is 18.4 Å². The minimum atomic E-state index is 0.258. The standard InChI is InChI=1S/C13H16N2OS/c1-10(15-8-11-7-14-9-17-11)12-5-3-4-6-13(12)16-2/h3-7,9-10,15H,8H2,1-2H3/t10-/m0/s1. The molecule has 0 aliphatic carbocycles. The number of ether oxygens (including phenoxy) is 1. The van der Waals surface area contributed by atoms with E-state index in [0.717, 1.165) is 12.3 Å². The van der Waals surface area contributed by atoms with E-state index in [1.807, 2.05) is 29.9 Å². The van der Waals surface area contributed by atoms with Gasteiger partial charge in [-0.25, -0.2) is 0 Å². The minimum Gasteiger partial charge on any atom is -0.496 e. The monoisotopic (exact) mass is 248 g/mol. The number of nitrogens with zero attached hydrogens (tertiary/aromatic N) is 1. The maximum atomic E-state index is 5.35. The summed E-state index contributed by atoms with van der Waals surface area (Å²) in [4.78, 5) is 5.30. The second kappa shape index (κ2) is 5.80. The van der Waals surface area contributed by atoms with E-state index in [-0.39, 0.29) is 6.04 Å². The van der Waals surface area contributed by atoms with Crippen molar-refractivity contribution < 1.29 is 4.74 Å². The first-order chi connectivity index (χ1) is 8.31. The van der Waals surface area contributed by atoms with Crippen LogP contribution in [0.25, 0.3) is 0 Å². The smallest absolute Gasteiger partial charge is 0.123 e. The van der Waals surface area contributed by atoms with E-state index in [0.29, 0.717) is 0 Å². The molecule has 2 rings (SSSR count). The predicted molar refractivity (Wildman–Crippen MR) is 70.4 cm³/mol. The van der Waals surface area contributed by atoms with Crippen LogP contribution in [0.3, 0.4) is 0 Å². The van der Waals surface area contributed by atoms with Crippen molar-refractivity contribution >= 4 is 11.3 Å². The minimum absolute atomic E-state index is 0.258. The molecule has 90 valence electrons. The molecule has 0 spiro atoms. The van der Waals surface area contributed by atoms with Crippen molar-refractivity contribution in [2.45, 2.75) is 19.5 Å². The van der Waals surface area contributed by atoms with Crippen molar-refractivity contribution in [3.63, 3.8) is 0 Å². The molecule has 0 radical (unpaired) electrons. The molecule has 0 unspecified atom stereocenters. The van der Waals surface area contributed by atoms with Crippen molar-refractivity contribution in [3.8, 4) is 5.75 Å². The topological polar surface area (TPSA) is 34.1 Å². The van der Waals surface area contributed by atoms with Gasteiger partial charge >= 0.3 is 0 Å². The number of rotatable bonds is 5. The highest BCUT2D eigenvalue weighted by Crippen LogP contribution is 2.24. The van der Waals surface area contributed by atoms with E-state index in [1.165, 1.54) is 10.4 Å². The van der Waals surface area contributed by atoms with E-state index < -0.39 is 0 Å². The zero-order valence-corrected chi connectivity index (χ0v) is 10.8. The number of thiazole rings is 1. The highest BCUT2D eigenvalue weighted by molar-refractivity contribution is 7.09. The molecule has 1 aromatic heterocycles. The largest absolute Gasteiger partial charge is 0.496 e. The SMILES string of the molecule is COc1ccccc1[C@H](C)NCc1cncs1. The quantitative estimate of drug-likeness (QED) is 0.883. The van der Waals surface area contributed by atoms with Gasteiger partial charge in [0.25, 0.3) is 0 Å². The Morgan fingerprint density at radius 2 is 2.24 bits per heavy atom. The Hall–Kier alpha value is -1.39.